The van der Waals surface area contributed by atoms with Crippen molar-refractivity contribution >= 4 is 23.0 Å². The fraction of sp³-hybridized carbons (Fsp3) is 0.278. The van der Waals surface area contributed by atoms with Crippen LogP contribution in [-0.4, -0.2) is 11.7 Å². The average Bonchev–Trinajstić information content (AvgIpc) is 2.51. The Bertz CT molecular complexity index is 681. The van der Waals surface area contributed by atoms with Crippen molar-refractivity contribution in [1.82, 2.24) is 5.32 Å². The fourth-order valence-corrected chi connectivity index (χ4v) is 2.50. The lowest BCUT2D eigenvalue weighted by Crippen LogP contribution is -2.29. The van der Waals surface area contributed by atoms with E-state index in [9.17, 15) is 13.2 Å². The van der Waals surface area contributed by atoms with E-state index in [2.05, 4.69) is 35.8 Å². The van der Waals surface area contributed by atoms with Crippen LogP contribution in [0.4, 0.5) is 18.9 Å². The highest BCUT2D eigenvalue weighted by Gasteiger charge is 2.29. The number of rotatable bonds is 5. The summed E-state index contributed by atoms with van der Waals surface area (Å²) in [5, 5.41) is 6.34. The Hall–Kier alpha value is -2.08. The molecule has 0 atom stereocenters. The molecule has 0 aliphatic rings. The number of aryl methyl sites for hydroxylation is 2. The Balaban J connectivity index is 1.73. The van der Waals surface area contributed by atoms with Crippen molar-refractivity contribution in [2.24, 2.45) is 0 Å². The molecule has 24 heavy (non-hydrogen) atoms. The summed E-state index contributed by atoms with van der Waals surface area (Å²) in [4.78, 5) is 0. The quantitative estimate of drug-likeness (QED) is 0.589. The summed E-state index contributed by atoms with van der Waals surface area (Å²) >= 11 is 5.15. The van der Waals surface area contributed by atoms with Crippen LogP contribution in [0.3, 0.4) is 0 Å². The lowest BCUT2D eigenvalue weighted by molar-refractivity contribution is -0.137. The standard InChI is InChI=1S/C18H19F3N2S/c1-13-4-2-5-14(12-13)6-3-11-22-17(24)23-16-9-7-15(8-10-16)18(19,20)21/h2,4-5,7-10,12H,3,6,11H2,1H3,(H2,22,23,24). The Morgan fingerprint density at radius 3 is 2.42 bits per heavy atom. The molecule has 0 unspecified atom stereocenters. The second kappa shape index (κ2) is 8.15. The molecule has 0 aliphatic heterocycles. The van der Waals surface area contributed by atoms with Gasteiger partial charge in [0, 0.05) is 12.2 Å². The summed E-state index contributed by atoms with van der Waals surface area (Å²) < 4.78 is 37.5. The first-order chi connectivity index (χ1) is 11.3. The molecule has 0 aromatic heterocycles. The van der Waals surface area contributed by atoms with Gasteiger partial charge in [-0.1, -0.05) is 29.8 Å². The largest absolute Gasteiger partial charge is 0.416 e. The maximum Gasteiger partial charge on any atom is 0.416 e. The van der Waals surface area contributed by atoms with Gasteiger partial charge in [0.05, 0.1) is 5.56 Å². The second-order valence-electron chi connectivity index (χ2n) is 5.55. The van der Waals surface area contributed by atoms with Crippen molar-refractivity contribution in [3.63, 3.8) is 0 Å². The molecule has 0 bridgehead atoms. The molecule has 2 rings (SSSR count). The van der Waals surface area contributed by atoms with Crippen LogP contribution in [0.1, 0.15) is 23.1 Å². The van der Waals surface area contributed by atoms with E-state index >= 15 is 0 Å². The van der Waals surface area contributed by atoms with Gasteiger partial charge in [0.1, 0.15) is 0 Å². The number of anilines is 1. The van der Waals surface area contributed by atoms with Crippen molar-refractivity contribution in [3.05, 3.63) is 65.2 Å². The fourth-order valence-electron chi connectivity index (χ4n) is 2.28. The third-order valence-corrected chi connectivity index (χ3v) is 3.73. The van der Waals surface area contributed by atoms with Crippen LogP contribution in [0, 0.1) is 6.92 Å². The van der Waals surface area contributed by atoms with Crippen LogP contribution in [0.2, 0.25) is 0 Å². The molecule has 2 aromatic rings. The zero-order valence-corrected chi connectivity index (χ0v) is 14.1. The van der Waals surface area contributed by atoms with Gasteiger partial charge in [-0.2, -0.15) is 13.2 Å². The molecule has 2 nitrogen and oxygen atoms in total. The predicted molar refractivity (Wildman–Crippen MR) is 95.2 cm³/mol. The van der Waals surface area contributed by atoms with Crippen molar-refractivity contribution in [2.45, 2.75) is 25.9 Å². The van der Waals surface area contributed by atoms with Crippen LogP contribution < -0.4 is 10.6 Å². The zero-order valence-electron chi connectivity index (χ0n) is 13.3. The molecule has 2 aromatic carbocycles. The molecule has 0 heterocycles. The smallest absolute Gasteiger partial charge is 0.362 e. The molecule has 0 fully saturated rings. The SMILES string of the molecule is Cc1cccc(CCCNC(=S)Nc2ccc(C(F)(F)F)cc2)c1. The average molecular weight is 352 g/mol. The molecule has 0 spiro atoms. The van der Waals surface area contributed by atoms with Crippen molar-refractivity contribution < 1.29 is 13.2 Å². The normalized spacial score (nSPS) is 11.2. The number of alkyl halides is 3. The molecular weight excluding hydrogens is 333 g/mol. The molecular formula is C18H19F3N2S. The third kappa shape index (κ3) is 5.85. The van der Waals surface area contributed by atoms with Crippen molar-refractivity contribution in [2.75, 3.05) is 11.9 Å². The molecule has 0 aliphatic carbocycles. The summed E-state index contributed by atoms with van der Waals surface area (Å²) in [6, 6.07) is 13.1. The molecule has 0 radical (unpaired) electrons. The number of hydrogen-bond donors (Lipinski definition) is 2. The van der Waals surface area contributed by atoms with Gasteiger partial charge in [-0.15, -0.1) is 0 Å². The first-order valence-electron chi connectivity index (χ1n) is 7.62. The van der Waals surface area contributed by atoms with Gasteiger partial charge in [0.2, 0.25) is 0 Å². The number of hydrogen-bond acceptors (Lipinski definition) is 1. The Labute approximate surface area is 145 Å². The molecule has 128 valence electrons. The summed E-state index contributed by atoms with van der Waals surface area (Å²) in [5.74, 6) is 0. The van der Waals surface area contributed by atoms with E-state index in [0.717, 1.165) is 25.0 Å². The number of benzene rings is 2. The van der Waals surface area contributed by atoms with E-state index in [1.54, 1.807) is 0 Å². The van der Waals surface area contributed by atoms with E-state index in [0.29, 0.717) is 17.3 Å². The first-order valence-corrected chi connectivity index (χ1v) is 8.03. The topological polar surface area (TPSA) is 24.1 Å². The van der Waals surface area contributed by atoms with Gasteiger partial charge in [-0.05, 0) is 61.8 Å². The maximum absolute atomic E-state index is 12.5. The van der Waals surface area contributed by atoms with Gasteiger partial charge in [0.25, 0.3) is 0 Å². The Kier molecular flexibility index (Phi) is 6.20. The predicted octanol–water partition coefficient (Wildman–Crippen LogP) is 4.93. The van der Waals surface area contributed by atoms with Crippen molar-refractivity contribution in [1.29, 1.82) is 0 Å². The molecule has 0 amide bonds. The van der Waals surface area contributed by atoms with Crippen molar-refractivity contribution in [3.8, 4) is 0 Å². The third-order valence-electron chi connectivity index (χ3n) is 3.48. The van der Waals surface area contributed by atoms with E-state index in [4.69, 9.17) is 12.2 Å². The van der Waals surface area contributed by atoms with Crippen LogP contribution in [-0.2, 0) is 12.6 Å². The number of halogens is 3. The van der Waals surface area contributed by atoms with Gasteiger partial charge >= 0.3 is 6.18 Å². The molecule has 0 saturated carbocycles. The lowest BCUT2D eigenvalue weighted by atomic mass is 10.1. The van der Waals surface area contributed by atoms with Gasteiger partial charge < -0.3 is 10.6 Å². The summed E-state index contributed by atoms with van der Waals surface area (Å²) in [5.41, 5.74) is 2.36. The van der Waals surface area contributed by atoms with E-state index < -0.39 is 11.7 Å². The molecule has 2 N–H and O–H groups in total. The highest BCUT2D eigenvalue weighted by Crippen LogP contribution is 2.29. The highest BCUT2D eigenvalue weighted by molar-refractivity contribution is 7.80. The minimum Gasteiger partial charge on any atom is -0.362 e. The summed E-state index contributed by atoms with van der Waals surface area (Å²) in [6.45, 7) is 2.76. The van der Waals surface area contributed by atoms with Crippen LogP contribution in [0.15, 0.2) is 48.5 Å². The van der Waals surface area contributed by atoms with Crippen LogP contribution >= 0.6 is 12.2 Å². The maximum atomic E-state index is 12.5. The minimum atomic E-state index is -4.33. The van der Waals surface area contributed by atoms with E-state index in [1.807, 2.05) is 6.07 Å². The first kappa shape index (κ1) is 18.3. The Morgan fingerprint density at radius 1 is 1.08 bits per heavy atom. The number of nitrogens with one attached hydrogen (secondary N) is 2. The second-order valence-corrected chi connectivity index (χ2v) is 5.96. The monoisotopic (exact) mass is 352 g/mol. The Morgan fingerprint density at radius 2 is 1.79 bits per heavy atom. The van der Waals surface area contributed by atoms with Crippen LogP contribution in [0.5, 0.6) is 0 Å². The summed E-state index contributed by atoms with van der Waals surface area (Å²) in [6.07, 6.45) is -2.47. The van der Waals surface area contributed by atoms with E-state index in [-0.39, 0.29) is 0 Å². The van der Waals surface area contributed by atoms with Gasteiger partial charge in [-0.3, -0.25) is 0 Å². The van der Waals surface area contributed by atoms with Gasteiger partial charge in [-0.25, -0.2) is 0 Å². The number of thiocarbonyl (C=S) groups is 1. The zero-order chi connectivity index (χ0) is 17.6. The van der Waals surface area contributed by atoms with E-state index in [1.165, 1.54) is 23.3 Å². The lowest BCUT2D eigenvalue weighted by Gasteiger charge is -2.12. The summed E-state index contributed by atoms with van der Waals surface area (Å²) in [7, 11) is 0. The highest BCUT2D eigenvalue weighted by atomic mass is 32.1. The molecule has 6 heteroatoms. The minimum absolute atomic E-state index is 0.402. The molecule has 0 saturated heterocycles. The van der Waals surface area contributed by atoms with Gasteiger partial charge in [0.15, 0.2) is 5.11 Å². The van der Waals surface area contributed by atoms with Crippen LogP contribution in [0.25, 0.3) is 0 Å².